The second-order valence-corrected chi connectivity index (χ2v) is 10.5. The summed E-state index contributed by atoms with van der Waals surface area (Å²) in [5, 5.41) is 0. The Morgan fingerprint density at radius 1 is 0.923 bits per heavy atom. The lowest BCUT2D eigenvalue weighted by Gasteiger charge is -2.26. The smallest absolute Gasteiger partial charge is 0.586 e. The van der Waals surface area contributed by atoms with E-state index in [1.165, 1.54) is 10.3 Å². The van der Waals surface area contributed by atoms with Gasteiger partial charge in [0.2, 0.25) is 0 Å². The molecule has 1 N–H and O–H groups in total. The van der Waals surface area contributed by atoms with E-state index in [-0.39, 0.29) is 17.0 Å². The molecule has 2 atom stereocenters. The zero-order valence-electron chi connectivity index (χ0n) is 20.5. The minimum atomic E-state index is -5.12. The van der Waals surface area contributed by atoms with Crippen molar-refractivity contribution in [2.75, 3.05) is 6.61 Å². The molecule has 1 heterocycles. The number of rotatable bonds is 6. The van der Waals surface area contributed by atoms with Gasteiger partial charge in [0.05, 0.1) is 12.2 Å². The number of halogens is 4. The molecule has 0 radical (unpaired) electrons. The van der Waals surface area contributed by atoms with E-state index < -0.39 is 28.6 Å². The van der Waals surface area contributed by atoms with Crippen LogP contribution in [0, 0.1) is 11.7 Å². The van der Waals surface area contributed by atoms with Gasteiger partial charge in [0.25, 0.3) is 5.91 Å². The number of nitrogens with one attached hydrogen (secondary N) is 1. The molecule has 0 aliphatic carbocycles. The van der Waals surface area contributed by atoms with Gasteiger partial charge in [0, 0.05) is 5.92 Å². The van der Waals surface area contributed by atoms with E-state index in [0.717, 1.165) is 47.7 Å². The summed E-state index contributed by atoms with van der Waals surface area (Å²) in [7, 11) is 0. The second kappa shape index (κ2) is 11.1. The third-order valence-electron chi connectivity index (χ3n) is 6.57. The van der Waals surface area contributed by atoms with Gasteiger partial charge in [-0.3, -0.25) is 4.79 Å². The van der Waals surface area contributed by atoms with Gasteiger partial charge in [-0.1, -0.05) is 66.7 Å². The molecule has 1 unspecified atom stereocenters. The first-order valence-electron chi connectivity index (χ1n) is 12.2. The summed E-state index contributed by atoms with van der Waals surface area (Å²) in [4.78, 5) is 12.5. The lowest BCUT2D eigenvalue weighted by molar-refractivity contribution is -0.0445. The van der Waals surface area contributed by atoms with Gasteiger partial charge < -0.3 is 9.29 Å². The summed E-state index contributed by atoms with van der Waals surface area (Å²) >= 11 is -3.59. The van der Waals surface area contributed by atoms with Gasteiger partial charge in [0.1, 0.15) is 11.6 Å². The monoisotopic (exact) mass is 553 g/mol. The number of carbonyl (C=O) groups is 1. The summed E-state index contributed by atoms with van der Waals surface area (Å²) in [6, 6.07) is 26.8. The van der Waals surface area contributed by atoms with Crippen LogP contribution in [0.25, 0.3) is 22.3 Å². The second-order valence-electron chi connectivity index (χ2n) is 9.31. The molecule has 4 nitrogen and oxygen atoms in total. The van der Waals surface area contributed by atoms with Crippen molar-refractivity contribution in [2.24, 2.45) is 5.92 Å². The number of alkyl halides is 3. The van der Waals surface area contributed by atoms with Crippen LogP contribution in [0.3, 0.4) is 0 Å². The van der Waals surface area contributed by atoms with Crippen molar-refractivity contribution in [3.63, 3.8) is 0 Å². The Morgan fingerprint density at radius 3 is 2.33 bits per heavy atom. The van der Waals surface area contributed by atoms with E-state index in [1.54, 1.807) is 12.1 Å². The molecule has 0 fully saturated rings. The molecule has 200 valence electrons. The zero-order chi connectivity index (χ0) is 27.6. The number of hydrogen-bond donors (Lipinski definition) is 1. The summed E-state index contributed by atoms with van der Waals surface area (Å²) < 4.78 is 70.9. The quantitative estimate of drug-likeness (QED) is 0.210. The average molecular weight is 554 g/mol. The molecule has 1 aliphatic heterocycles. The molecule has 39 heavy (non-hydrogen) atoms. The Balaban J connectivity index is 1.31. The van der Waals surface area contributed by atoms with Crippen LogP contribution in [0.1, 0.15) is 21.5 Å². The van der Waals surface area contributed by atoms with Crippen LogP contribution in [0.15, 0.2) is 91.0 Å². The minimum Gasteiger partial charge on any atom is -0.586 e. The number of hydrogen-bond acceptors (Lipinski definition) is 3. The van der Waals surface area contributed by atoms with Crippen molar-refractivity contribution < 1.29 is 31.6 Å². The minimum absolute atomic E-state index is 0.0682. The molecule has 4 aromatic rings. The molecule has 1 amide bonds. The van der Waals surface area contributed by atoms with Crippen molar-refractivity contribution in [1.29, 1.82) is 0 Å². The molecule has 4 aromatic carbocycles. The highest BCUT2D eigenvalue weighted by Crippen LogP contribution is 2.35. The van der Waals surface area contributed by atoms with E-state index in [2.05, 4.69) is 36.4 Å². The van der Waals surface area contributed by atoms with E-state index in [9.17, 15) is 26.9 Å². The Morgan fingerprint density at radius 2 is 1.62 bits per heavy atom. The molecular weight excluding hydrogens is 530 g/mol. The lowest BCUT2D eigenvalue weighted by atomic mass is 9.89. The van der Waals surface area contributed by atoms with Gasteiger partial charge in [-0.15, -0.1) is 13.2 Å². The first-order valence-corrected chi connectivity index (χ1v) is 13.3. The predicted molar refractivity (Wildman–Crippen MR) is 142 cm³/mol. The summed E-state index contributed by atoms with van der Waals surface area (Å²) in [6.45, 7) is 0.456. The molecule has 0 aromatic heterocycles. The molecule has 0 bridgehead atoms. The number of benzene rings is 4. The first kappa shape index (κ1) is 26.8. The normalized spacial score (nSPS) is 15.7. The predicted octanol–water partition coefficient (Wildman–Crippen LogP) is 6.87. The maximum atomic E-state index is 14.1. The maximum absolute atomic E-state index is 14.1. The van der Waals surface area contributed by atoms with E-state index >= 15 is 0 Å². The third-order valence-corrected chi connectivity index (χ3v) is 7.36. The van der Waals surface area contributed by atoms with Gasteiger partial charge >= 0.3 is 5.51 Å². The highest BCUT2D eigenvalue weighted by molar-refractivity contribution is 7.90. The maximum Gasteiger partial charge on any atom is 0.598 e. The van der Waals surface area contributed by atoms with Crippen molar-refractivity contribution in [2.45, 2.75) is 18.3 Å². The highest BCUT2D eigenvalue weighted by Gasteiger charge is 2.47. The number of ether oxygens (including phenoxy) is 1. The number of amides is 1. The molecule has 0 spiro atoms. The average Bonchev–Trinajstić information content (AvgIpc) is 2.93. The molecule has 9 heteroatoms. The van der Waals surface area contributed by atoms with E-state index in [1.807, 2.05) is 24.3 Å². The largest absolute Gasteiger partial charge is 0.598 e. The Bertz CT molecular complexity index is 1480. The molecule has 5 rings (SSSR count). The fourth-order valence-electron chi connectivity index (χ4n) is 4.68. The fourth-order valence-corrected chi connectivity index (χ4v) is 5.08. The first-order chi connectivity index (χ1) is 18.7. The number of fused-ring (bicyclic) bond motifs is 1. The molecule has 1 aliphatic rings. The van der Waals surface area contributed by atoms with Crippen molar-refractivity contribution in [1.82, 2.24) is 4.72 Å². The molecule has 0 saturated carbocycles. The van der Waals surface area contributed by atoms with Crippen molar-refractivity contribution in [3.05, 3.63) is 114 Å². The summed E-state index contributed by atoms with van der Waals surface area (Å²) in [5.74, 6) is -1.09. The lowest BCUT2D eigenvalue weighted by Crippen LogP contribution is -2.40. The van der Waals surface area contributed by atoms with E-state index in [0.29, 0.717) is 17.9 Å². The molecular formula is C30H23F4NO3S. The summed E-state index contributed by atoms with van der Waals surface area (Å²) in [5.41, 5.74) is -0.455. The van der Waals surface area contributed by atoms with E-state index in [4.69, 9.17) is 4.74 Å². The van der Waals surface area contributed by atoms with Crippen LogP contribution in [-0.4, -0.2) is 22.6 Å². The highest BCUT2D eigenvalue weighted by atomic mass is 32.2. The standard InChI is InChI=1S/C30H23F4NO3S/c31-25-12-13-26(29(36)35-39(37)30(32,33)34)27(17-25)23-10-11-24-15-20(18-38-28(24)16-23)14-19-6-8-22(9-7-19)21-4-2-1-3-5-21/h1-13,16-17,20H,14-15,18H2,(H,35,36)/t20-,39?/m1/s1. The van der Waals surface area contributed by atoms with Crippen LogP contribution in [0.4, 0.5) is 17.6 Å². The fraction of sp³-hybridized carbons (Fsp3) is 0.167. The Labute approximate surface area is 226 Å². The van der Waals surface area contributed by atoms with Crippen LogP contribution >= 0.6 is 0 Å². The van der Waals surface area contributed by atoms with Crippen LogP contribution in [0.5, 0.6) is 5.75 Å². The van der Waals surface area contributed by atoms with Gasteiger partial charge in [-0.25, -0.2) is 4.39 Å². The van der Waals surface area contributed by atoms with Gasteiger partial charge in [0.15, 0.2) is 11.4 Å². The van der Waals surface area contributed by atoms with Gasteiger partial charge in [-0.2, -0.15) is 4.72 Å². The Kier molecular flexibility index (Phi) is 7.63. The van der Waals surface area contributed by atoms with Crippen LogP contribution in [-0.2, 0) is 24.2 Å². The SMILES string of the molecule is O=C(N[S+]([O-])C(F)(F)F)c1ccc(F)cc1-c1ccc2c(c1)OC[C@H](Cc1ccc(-c3ccccc3)cc1)C2. The number of carbonyl (C=O) groups excluding carboxylic acids is 1. The van der Waals surface area contributed by atoms with Crippen molar-refractivity contribution >= 4 is 17.3 Å². The Hall–Kier alpha value is -3.82. The third kappa shape index (κ3) is 6.26. The van der Waals surface area contributed by atoms with Crippen LogP contribution in [0.2, 0.25) is 0 Å². The molecule has 0 saturated heterocycles. The topological polar surface area (TPSA) is 61.4 Å². The van der Waals surface area contributed by atoms with Gasteiger partial charge in [-0.05, 0) is 70.5 Å². The van der Waals surface area contributed by atoms with Crippen LogP contribution < -0.4 is 9.46 Å². The summed E-state index contributed by atoms with van der Waals surface area (Å²) in [6.07, 6.45) is 1.57. The van der Waals surface area contributed by atoms with Crippen molar-refractivity contribution in [3.8, 4) is 28.0 Å². The zero-order valence-corrected chi connectivity index (χ0v) is 21.3.